The summed E-state index contributed by atoms with van der Waals surface area (Å²) in [5.74, 6) is -0.547. The van der Waals surface area contributed by atoms with Crippen molar-refractivity contribution in [2.75, 3.05) is 5.73 Å². The molecule has 19 heavy (non-hydrogen) atoms. The molecule has 0 aliphatic carbocycles. The van der Waals surface area contributed by atoms with Gasteiger partial charge >= 0.3 is 5.97 Å². The van der Waals surface area contributed by atoms with Gasteiger partial charge in [-0.15, -0.1) is 0 Å². The monoisotopic (exact) mass is 258 g/mol. The first kappa shape index (κ1) is 12.9. The second-order valence-electron chi connectivity index (χ2n) is 4.10. The lowest BCUT2D eigenvalue weighted by Gasteiger charge is -2.16. The summed E-state index contributed by atoms with van der Waals surface area (Å²) in [5, 5.41) is 8.86. The molecule has 3 N–H and O–H groups in total. The van der Waals surface area contributed by atoms with Crippen LogP contribution in [0.5, 0.6) is 5.75 Å². The minimum Gasteiger partial charge on any atom is -0.484 e. The van der Waals surface area contributed by atoms with Crippen molar-refractivity contribution >= 4 is 11.7 Å². The predicted octanol–water partition coefficient (Wildman–Crippen LogP) is 2.50. The molecule has 1 unspecified atom stereocenters. The molecule has 0 bridgehead atoms. The fraction of sp³-hybridized carbons (Fsp3) is 0.143. The van der Waals surface area contributed by atoms with Crippen molar-refractivity contribution in [3.05, 3.63) is 53.9 Å². The third-order valence-electron chi connectivity index (χ3n) is 2.74. The maximum atomic E-state index is 10.8. The number of nitrogens with two attached hydrogens (primary N) is 1. The largest absolute Gasteiger partial charge is 0.484 e. The molecule has 0 saturated carbocycles. The minimum absolute atomic E-state index is 0.140. The number of aromatic nitrogens is 1. The summed E-state index contributed by atoms with van der Waals surface area (Å²) in [7, 11) is 0. The van der Waals surface area contributed by atoms with Crippen LogP contribution in [0.25, 0.3) is 0 Å². The van der Waals surface area contributed by atoms with Crippen molar-refractivity contribution in [1.82, 2.24) is 4.98 Å². The van der Waals surface area contributed by atoms with Crippen LogP contribution in [-0.4, -0.2) is 16.1 Å². The number of nitrogens with zero attached hydrogens (tertiary/aromatic N) is 1. The lowest BCUT2D eigenvalue weighted by atomic mass is 10.1. The number of carboxylic acid groups (broad SMARTS) is 1. The summed E-state index contributed by atoms with van der Waals surface area (Å²) in [5.41, 5.74) is 7.20. The zero-order valence-corrected chi connectivity index (χ0v) is 10.4. The van der Waals surface area contributed by atoms with Crippen LogP contribution < -0.4 is 10.5 Å². The first-order valence-corrected chi connectivity index (χ1v) is 5.77. The lowest BCUT2D eigenvalue weighted by molar-refractivity contribution is 0.0697. The molecule has 0 radical (unpaired) electrons. The van der Waals surface area contributed by atoms with Gasteiger partial charge in [-0.2, -0.15) is 0 Å². The molecule has 2 aromatic rings. The van der Waals surface area contributed by atoms with Crippen LogP contribution >= 0.6 is 0 Å². The number of aromatic carboxylic acids is 1. The Morgan fingerprint density at radius 2 is 2.00 bits per heavy atom. The molecule has 0 aliphatic rings. The Morgan fingerprint density at radius 1 is 1.32 bits per heavy atom. The number of hydrogen-bond acceptors (Lipinski definition) is 4. The highest BCUT2D eigenvalue weighted by Crippen LogP contribution is 2.27. The van der Waals surface area contributed by atoms with Gasteiger partial charge in [0.15, 0.2) is 0 Å². The Hall–Kier alpha value is -2.56. The van der Waals surface area contributed by atoms with Gasteiger partial charge < -0.3 is 15.6 Å². The van der Waals surface area contributed by atoms with Gasteiger partial charge in [0, 0.05) is 12.4 Å². The molecule has 0 amide bonds. The van der Waals surface area contributed by atoms with Crippen LogP contribution in [0.3, 0.4) is 0 Å². The van der Waals surface area contributed by atoms with Crippen LogP contribution in [0.2, 0.25) is 0 Å². The Morgan fingerprint density at radius 3 is 2.58 bits per heavy atom. The van der Waals surface area contributed by atoms with Gasteiger partial charge in [-0.05, 0) is 42.8 Å². The van der Waals surface area contributed by atoms with E-state index in [1.165, 1.54) is 12.1 Å². The highest BCUT2D eigenvalue weighted by atomic mass is 16.5. The zero-order chi connectivity index (χ0) is 13.8. The van der Waals surface area contributed by atoms with Gasteiger partial charge in [0.1, 0.15) is 11.9 Å². The molecule has 1 aromatic heterocycles. The number of hydrogen-bond donors (Lipinski definition) is 2. The Bertz CT molecular complexity index is 584. The van der Waals surface area contributed by atoms with Gasteiger partial charge in [-0.1, -0.05) is 0 Å². The van der Waals surface area contributed by atoms with E-state index in [4.69, 9.17) is 15.6 Å². The normalized spacial score (nSPS) is 11.8. The molecule has 0 spiro atoms. The highest BCUT2D eigenvalue weighted by Gasteiger charge is 2.11. The molecule has 1 heterocycles. The molecule has 5 heteroatoms. The van der Waals surface area contributed by atoms with E-state index in [9.17, 15) is 4.79 Å². The van der Waals surface area contributed by atoms with Crippen molar-refractivity contribution < 1.29 is 14.6 Å². The van der Waals surface area contributed by atoms with Crippen molar-refractivity contribution in [2.45, 2.75) is 13.0 Å². The van der Waals surface area contributed by atoms with E-state index < -0.39 is 5.97 Å². The smallest absolute Gasteiger partial charge is 0.335 e. The van der Waals surface area contributed by atoms with E-state index >= 15 is 0 Å². The molecule has 1 aromatic carbocycles. The third kappa shape index (κ3) is 3.01. The number of carboxylic acids is 1. The van der Waals surface area contributed by atoms with E-state index in [0.717, 1.165) is 5.56 Å². The molecule has 5 nitrogen and oxygen atoms in total. The average molecular weight is 258 g/mol. The van der Waals surface area contributed by atoms with E-state index in [1.807, 2.05) is 19.1 Å². The first-order chi connectivity index (χ1) is 9.08. The first-order valence-electron chi connectivity index (χ1n) is 5.77. The van der Waals surface area contributed by atoms with Crippen molar-refractivity contribution in [3.63, 3.8) is 0 Å². The van der Waals surface area contributed by atoms with E-state index in [-0.39, 0.29) is 11.7 Å². The van der Waals surface area contributed by atoms with Crippen molar-refractivity contribution in [2.24, 2.45) is 0 Å². The van der Waals surface area contributed by atoms with Gasteiger partial charge in [-0.3, -0.25) is 4.98 Å². The topological polar surface area (TPSA) is 85.4 Å². The SMILES string of the molecule is CC(Oc1ccc(C(=O)O)cc1N)c1ccncc1. The Labute approximate surface area is 110 Å². The quantitative estimate of drug-likeness (QED) is 0.823. The van der Waals surface area contributed by atoms with Crippen LogP contribution in [0.4, 0.5) is 5.69 Å². The number of benzene rings is 1. The third-order valence-corrected chi connectivity index (χ3v) is 2.74. The van der Waals surface area contributed by atoms with E-state index in [2.05, 4.69) is 4.98 Å². The van der Waals surface area contributed by atoms with Crippen LogP contribution in [0.1, 0.15) is 28.9 Å². The van der Waals surface area contributed by atoms with Gasteiger partial charge in [0.2, 0.25) is 0 Å². The van der Waals surface area contributed by atoms with Gasteiger partial charge in [-0.25, -0.2) is 4.79 Å². The summed E-state index contributed by atoms with van der Waals surface area (Å²) < 4.78 is 5.72. The highest BCUT2D eigenvalue weighted by molar-refractivity contribution is 5.89. The molecule has 98 valence electrons. The standard InChI is InChI=1S/C14H14N2O3/c1-9(10-4-6-16-7-5-10)19-13-3-2-11(14(17)18)8-12(13)15/h2-9H,15H2,1H3,(H,17,18). The van der Waals surface area contributed by atoms with Crippen molar-refractivity contribution in [1.29, 1.82) is 0 Å². The predicted molar refractivity (Wildman–Crippen MR) is 71.1 cm³/mol. The van der Waals surface area contributed by atoms with E-state index in [0.29, 0.717) is 11.4 Å². The number of ether oxygens (including phenoxy) is 1. The average Bonchev–Trinajstić information content (AvgIpc) is 2.41. The summed E-state index contributed by atoms with van der Waals surface area (Å²) in [6.45, 7) is 1.89. The molecule has 0 saturated heterocycles. The summed E-state index contributed by atoms with van der Waals surface area (Å²) in [4.78, 5) is 14.7. The second-order valence-corrected chi connectivity index (χ2v) is 4.10. The minimum atomic E-state index is -1.01. The summed E-state index contributed by atoms with van der Waals surface area (Å²) in [6.07, 6.45) is 3.18. The maximum absolute atomic E-state index is 10.8. The van der Waals surface area contributed by atoms with Crippen LogP contribution in [0.15, 0.2) is 42.7 Å². The number of pyridine rings is 1. The summed E-state index contributed by atoms with van der Waals surface area (Å²) in [6, 6.07) is 8.12. The van der Waals surface area contributed by atoms with Crippen molar-refractivity contribution in [3.8, 4) is 5.75 Å². The molecule has 2 rings (SSSR count). The second kappa shape index (κ2) is 5.39. The maximum Gasteiger partial charge on any atom is 0.335 e. The van der Waals surface area contributed by atoms with Gasteiger partial charge in [0.05, 0.1) is 11.3 Å². The fourth-order valence-electron chi connectivity index (χ4n) is 1.68. The molecule has 0 aliphatic heterocycles. The van der Waals surface area contributed by atoms with Crippen LogP contribution in [0, 0.1) is 0 Å². The number of anilines is 1. The molecule has 0 fully saturated rings. The molecular weight excluding hydrogens is 244 g/mol. The summed E-state index contributed by atoms with van der Waals surface area (Å²) >= 11 is 0. The number of carbonyl (C=O) groups is 1. The van der Waals surface area contributed by atoms with Gasteiger partial charge in [0.25, 0.3) is 0 Å². The Kier molecular flexibility index (Phi) is 3.66. The fourth-order valence-corrected chi connectivity index (χ4v) is 1.68. The van der Waals surface area contributed by atoms with Crippen LogP contribution in [-0.2, 0) is 0 Å². The molecule has 1 atom stereocenters. The van der Waals surface area contributed by atoms with E-state index in [1.54, 1.807) is 18.5 Å². The molecular formula is C14H14N2O3. The Balaban J connectivity index is 2.18. The number of nitrogen functional groups attached to an aromatic ring is 1. The lowest BCUT2D eigenvalue weighted by Crippen LogP contribution is -2.06. The number of rotatable bonds is 4. The zero-order valence-electron chi connectivity index (χ0n) is 10.4.